The number of nitrogens with zero attached hydrogens (tertiary/aromatic N) is 2. The van der Waals surface area contributed by atoms with Crippen LogP contribution in [-0.4, -0.2) is 58.8 Å². The summed E-state index contributed by atoms with van der Waals surface area (Å²) >= 11 is 0. The molecule has 0 radical (unpaired) electrons. The summed E-state index contributed by atoms with van der Waals surface area (Å²) in [7, 11) is 0. The molecule has 1 aromatic rings. The van der Waals surface area contributed by atoms with Gasteiger partial charge in [0.05, 0.1) is 6.61 Å². The predicted octanol–water partition coefficient (Wildman–Crippen LogP) is 1.97. The van der Waals surface area contributed by atoms with E-state index in [-0.39, 0.29) is 35.1 Å². The number of carbonyl (C=O) groups excluding carboxylic acids is 3. The number of ether oxygens (including phenoxy) is 1. The molecule has 1 atom stereocenters. The zero-order chi connectivity index (χ0) is 21.3. The van der Waals surface area contributed by atoms with Crippen LogP contribution in [0.25, 0.3) is 0 Å². The summed E-state index contributed by atoms with van der Waals surface area (Å²) in [6.07, 6.45) is 2.73. The Labute approximate surface area is 176 Å². The quantitative estimate of drug-likeness (QED) is 0.715. The van der Waals surface area contributed by atoms with Crippen molar-refractivity contribution in [2.45, 2.75) is 70.0 Å². The summed E-state index contributed by atoms with van der Waals surface area (Å²) in [5.74, 6) is 0.0318. The number of carbonyl (C=O) groups is 3. The lowest BCUT2D eigenvalue weighted by Gasteiger charge is -2.44. The second-order valence-electron chi connectivity index (χ2n) is 10.1. The molecule has 3 amide bonds. The van der Waals surface area contributed by atoms with Gasteiger partial charge < -0.3 is 9.64 Å². The first-order valence-corrected chi connectivity index (χ1v) is 10.9. The summed E-state index contributed by atoms with van der Waals surface area (Å²) in [5, 5.41) is 2.36. The second-order valence-corrected chi connectivity index (χ2v) is 10.1. The molecular formula is C23H29N3O4. The van der Waals surface area contributed by atoms with Crippen molar-refractivity contribution in [2.75, 3.05) is 19.7 Å². The Bertz CT molecular complexity index is 941. The van der Waals surface area contributed by atoms with Crippen molar-refractivity contribution < 1.29 is 19.1 Å². The number of piperidine rings is 2. The predicted molar refractivity (Wildman–Crippen MR) is 110 cm³/mol. The first-order valence-electron chi connectivity index (χ1n) is 10.9. The Kier molecular flexibility index (Phi) is 4.26. The van der Waals surface area contributed by atoms with Gasteiger partial charge in [-0.3, -0.25) is 24.6 Å². The summed E-state index contributed by atoms with van der Waals surface area (Å²) in [6.45, 7) is 9.92. The maximum atomic E-state index is 13.0. The number of hydrogen-bond acceptors (Lipinski definition) is 5. The Hall–Kier alpha value is -2.41. The molecule has 7 nitrogen and oxygen atoms in total. The van der Waals surface area contributed by atoms with Crippen molar-refractivity contribution in [1.82, 2.24) is 15.1 Å². The van der Waals surface area contributed by atoms with E-state index in [9.17, 15) is 14.4 Å². The monoisotopic (exact) mass is 411 g/mol. The number of nitrogens with one attached hydrogen (secondary N) is 1. The van der Waals surface area contributed by atoms with Crippen LogP contribution in [0.5, 0.6) is 5.75 Å². The summed E-state index contributed by atoms with van der Waals surface area (Å²) in [6, 6.07) is 3.44. The molecule has 1 unspecified atom stereocenters. The number of fused-ring (bicyclic) bond motifs is 3. The van der Waals surface area contributed by atoms with Gasteiger partial charge in [0.15, 0.2) is 0 Å². The van der Waals surface area contributed by atoms with E-state index < -0.39 is 6.04 Å². The minimum atomic E-state index is -0.581. The third kappa shape index (κ3) is 2.94. The molecular weight excluding hydrogens is 382 g/mol. The summed E-state index contributed by atoms with van der Waals surface area (Å²) in [4.78, 5) is 40.9. The van der Waals surface area contributed by atoms with Crippen LogP contribution in [0.2, 0.25) is 0 Å². The van der Waals surface area contributed by atoms with Crippen molar-refractivity contribution in [3.8, 4) is 5.75 Å². The lowest BCUT2D eigenvalue weighted by atomic mass is 9.73. The van der Waals surface area contributed by atoms with Crippen LogP contribution in [0, 0.1) is 0 Å². The minimum Gasteiger partial charge on any atom is -0.492 e. The Morgan fingerprint density at radius 2 is 1.87 bits per heavy atom. The fourth-order valence-electron chi connectivity index (χ4n) is 5.44. The maximum Gasteiger partial charge on any atom is 0.255 e. The molecule has 4 aliphatic heterocycles. The first-order chi connectivity index (χ1) is 14.2. The SMILES string of the molecule is CC(C)(C)N1CCC2(CC1)COc1cc3c(cc12)CN(C1CCC(=O)NC1=O)C3=O. The molecule has 4 heterocycles. The number of rotatable bonds is 1. The largest absolute Gasteiger partial charge is 0.492 e. The van der Waals surface area contributed by atoms with Gasteiger partial charge in [-0.2, -0.15) is 0 Å². The van der Waals surface area contributed by atoms with E-state index >= 15 is 0 Å². The highest BCUT2D eigenvalue weighted by Gasteiger charge is 2.47. The van der Waals surface area contributed by atoms with E-state index in [1.807, 2.05) is 6.07 Å². The van der Waals surface area contributed by atoms with Gasteiger partial charge in [0.2, 0.25) is 11.8 Å². The smallest absolute Gasteiger partial charge is 0.255 e. The van der Waals surface area contributed by atoms with Crippen LogP contribution < -0.4 is 10.1 Å². The van der Waals surface area contributed by atoms with E-state index in [1.165, 1.54) is 5.56 Å². The van der Waals surface area contributed by atoms with Crippen LogP contribution >= 0.6 is 0 Å². The molecule has 5 rings (SSSR count). The fraction of sp³-hybridized carbons (Fsp3) is 0.609. The van der Waals surface area contributed by atoms with Gasteiger partial charge in [0.1, 0.15) is 11.8 Å². The third-order valence-corrected chi connectivity index (χ3v) is 7.37. The zero-order valence-corrected chi connectivity index (χ0v) is 17.9. The van der Waals surface area contributed by atoms with Crippen LogP contribution in [0.4, 0.5) is 0 Å². The van der Waals surface area contributed by atoms with E-state index in [0.29, 0.717) is 25.1 Å². The molecule has 0 bridgehead atoms. The van der Waals surface area contributed by atoms with Crippen molar-refractivity contribution in [2.24, 2.45) is 0 Å². The van der Waals surface area contributed by atoms with Gasteiger partial charge in [-0.1, -0.05) is 0 Å². The topological polar surface area (TPSA) is 79.0 Å². The standard InChI is InChI=1S/C23H29N3O4/c1-22(2,3)25-8-6-23(7-9-25)13-30-18-11-15-14(10-16(18)23)12-26(21(15)29)17-4-5-19(27)24-20(17)28/h10-11,17H,4-9,12-13H2,1-3H3,(H,24,27,28). The van der Waals surface area contributed by atoms with Crippen LogP contribution in [0.15, 0.2) is 12.1 Å². The van der Waals surface area contributed by atoms with Crippen molar-refractivity contribution >= 4 is 17.7 Å². The van der Waals surface area contributed by atoms with Gasteiger partial charge >= 0.3 is 0 Å². The van der Waals surface area contributed by atoms with Crippen LogP contribution in [0.3, 0.4) is 0 Å². The number of benzene rings is 1. The minimum absolute atomic E-state index is 0.0111. The lowest BCUT2D eigenvalue weighted by Crippen LogP contribution is -2.52. The Balaban J connectivity index is 1.40. The molecule has 0 aromatic heterocycles. The van der Waals surface area contributed by atoms with Crippen molar-refractivity contribution in [3.63, 3.8) is 0 Å². The number of likely N-dealkylation sites (tertiary alicyclic amines) is 1. The number of imide groups is 1. The molecule has 1 aromatic carbocycles. The van der Waals surface area contributed by atoms with Gasteiger partial charge in [-0.15, -0.1) is 0 Å². The highest BCUT2D eigenvalue weighted by atomic mass is 16.5. The fourth-order valence-corrected chi connectivity index (χ4v) is 5.44. The molecule has 0 saturated carbocycles. The van der Waals surface area contributed by atoms with E-state index in [1.54, 1.807) is 4.90 Å². The average molecular weight is 412 g/mol. The second kappa shape index (κ2) is 6.54. The van der Waals surface area contributed by atoms with Gasteiger partial charge in [-0.25, -0.2) is 0 Å². The van der Waals surface area contributed by atoms with Gasteiger partial charge in [-0.05, 0) is 70.8 Å². The van der Waals surface area contributed by atoms with Crippen molar-refractivity contribution in [3.05, 3.63) is 28.8 Å². The molecule has 30 heavy (non-hydrogen) atoms. The first kappa shape index (κ1) is 19.5. The molecule has 0 aliphatic carbocycles. The third-order valence-electron chi connectivity index (χ3n) is 7.37. The van der Waals surface area contributed by atoms with E-state index in [0.717, 1.165) is 37.2 Å². The van der Waals surface area contributed by atoms with Crippen LogP contribution in [0.1, 0.15) is 67.9 Å². The van der Waals surface area contributed by atoms with Crippen LogP contribution in [-0.2, 0) is 21.5 Å². The number of hydrogen-bond donors (Lipinski definition) is 1. The molecule has 2 saturated heterocycles. The Morgan fingerprint density at radius 3 is 2.53 bits per heavy atom. The maximum absolute atomic E-state index is 13.0. The zero-order valence-electron chi connectivity index (χ0n) is 17.9. The average Bonchev–Trinajstić information content (AvgIpc) is 3.18. The highest BCUT2D eigenvalue weighted by Crippen LogP contribution is 2.48. The Morgan fingerprint density at radius 1 is 1.13 bits per heavy atom. The summed E-state index contributed by atoms with van der Waals surface area (Å²) < 4.78 is 6.09. The molecule has 2 fully saturated rings. The van der Waals surface area contributed by atoms with E-state index in [4.69, 9.17) is 4.74 Å². The van der Waals surface area contributed by atoms with Crippen molar-refractivity contribution in [1.29, 1.82) is 0 Å². The van der Waals surface area contributed by atoms with Gasteiger partial charge in [0.25, 0.3) is 5.91 Å². The molecule has 1 spiro atoms. The lowest BCUT2D eigenvalue weighted by molar-refractivity contribution is -0.136. The summed E-state index contributed by atoms with van der Waals surface area (Å²) in [5.41, 5.74) is 2.98. The van der Waals surface area contributed by atoms with E-state index in [2.05, 4.69) is 37.1 Å². The molecule has 160 valence electrons. The van der Waals surface area contributed by atoms with Gasteiger partial charge in [0, 0.05) is 35.0 Å². The molecule has 1 N–H and O–H groups in total. The molecule has 4 aliphatic rings. The highest BCUT2D eigenvalue weighted by molar-refractivity contribution is 6.05. The normalized spacial score (nSPS) is 25.9. The molecule has 7 heteroatoms. The number of amides is 3.